The number of nitrogens with one attached hydrogen (secondary N) is 1. The van der Waals surface area contributed by atoms with E-state index in [1.807, 2.05) is 55.4 Å². The van der Waals surface area contributed by atoms with E-state index in [9.17, 15) is 4.79 Å². The van der Waals surface area contributed by atoms with Crippen molar-refractivity contribution in [2.75, 3.05) is 31.4 Å². The summed E-state index contributed by atoms with van der Waals surface area (Å²) in [6.07, 6.45) is 1.06. The zero-order chi connectivity index (χ0) is 15.2. The number of amides is 1. The van der Waals surface area contributed by atoms with Crippen molar-refractivity contribution in [1.29, 1.82) is 0 Å². The van der Waals surface area contributed by atoms with Crippen LogP contribution in [0.1, 0.15) is 11.7 Å². The molecule has 1 atom stereocenters. The maximum Gasteiger partial charge on any atom is 0.259 e. The first-order valence-corrected chi connectivity index (χ1v) is 6.64. The summed E-state index contributed by atoms with van der Waals surface area (Å²) < 4.78 is 5.28. The van der Waals surface area contributed by atoms with Gasteiger partial charge in [0.1, 0.15) is 5.82 Å². The van der Waals surface area contributed by atoms with Gasteiger partial charge in [-0.15, -0.1) is 0 Å². The number of hydrogen-bond donors (Lipinski definition) is 1. The van der Waals surface area contributed by atoms with E-state index in [1.165, 1.54) is 7.11 Å². The average molecular weight is 285 g/mol. The number of ether oxygens (including phenoxy) is 1. The van der Waals surface area contributed by atoms with Crippen LogP contribution < -0.4 is 10.2 Å². The Morgan fingerprint density at radius 2 is 1.90 bits per heavy atom. The summed E-state index contributed by atoms with van der Waals surface area (Å²) in [5.41, 5.74) is 1.78. The van der Waals surface area contributed by atoms with Crippen LogP contribution in [0.25, 0.3) is 0 Å². The normalized spacial score (nSPS) is 11.8. The average Bonchev–Trinajstić information content (AvgIpc) is 2.49. The number of anilines is 2. The number of methoxy groups -OCH3 is 1. The number of carbonyl (C=O) groups is 1. The minimum Gasteiger partial charge on any atom is -0.376 e. The number of rotatable bonds is 5. The van der Waals surface area contributed by atoms with Gasteiger partial charge in [0.25, 0.3) is 5.91 Å². The van der Waals surface area contributed by atoms with E-state index in [0.717, 1.165) is 11.3 Å². The molecule has 21 heavy (non-hydrogen) atoms. The number of pyridine rings is 1. The third-order valence-electron chi connectivity index (χ3n) is 3.09. The molecule has 2 aromatic rings. The van der Waals surface area contributed by atoms with Gasteiger partial charge in [-0.05, 0) is 17.7 Å². The smallest absolute Gasteiger partial charge is 0.259 e. The highest BCUT2D eigenvalue weighted by atomic mass is 16.5. The van der Waals surface area contributed by atoms with Crippen molar-refractivity contribution in [3.63, 3.8) is 0 Å². The van der Waals surface area contributed by atoms with E-state index in [-0.39, 0.29) is 5.91 Å². The highest BCUT2D eigenvalue weighted by molar-refractivity contribution is 5.94. The molecular weight excluding hydrogens is 266 g/mol. The zero-order valence-corrected chi connectivity index (χ0v) is 12.4. The topological polar surface area (TPSA) is 54.5 Å². The van der Waals surface area contributed by atoms with Crippen molar-refractivity contribution in [3.8, 4) is 0 Å². The van der Waals surface area contributed by atoms with E-state index < -0.39 is 6.10 Å². The molecule has 1 heterocycles. The van der Waals surface area contributed by atoms with Crippen molar-refractivity contribution in [3.05, 3.63) is 54.2 Å². The second-order valence-electron chi connectivity index (χ2n) is 4.81. The molecule has 1 aromatic carbocycles. The van der Waals surface area contributed by atoms with Gasteiger partial charge in [0, 0.05) is 21.2 Å². The Morgan fingerprint density at radius 1 is 1.19 bits per heavy atom. The summed E-state index contributed by atoms with van der Waals surface area (Å²) in [7, 11) is 5.39. The van der Waals surface area contributed by atoms with Crippen LogP contribution in [-0.4, -0.2) is 32.1 Å². The molecule has 2 rings (SSSR count). The summed E-state index contributed by atoms with van der Waals surface area (Å²) in [6.45, 7) is 0. The molecule has 1 amide bonds. The second kappa shape index (κ2) is 6.85. The summed E-state index contributed by atoms with van der Waals surface area (Å²) in [4.78, 5) is 18.4. The lowest BCUT2D eigenvalue weighted by Crippen LogP contribution is -2.23. The Kier molecular flexibility index (Phi) is 4.90. The van der Waals surface area contributed by atoms with Crippen LogP contribution >= 0.6 is 0 Å². The number of hydrogen-bond acceptors (Lipinski definition) is 4. The molecular formula is C16H19N3O2. The molecule has 0 saturated heterocycles. The lowest BCUT2D eigenvalue weighted by atomic mass is 10.1. The summed E-state index contributed by atoms with van der Waals surface area (Å²) >= 11 is 0. The van der Waals surface area contributed by atoms with Crippen LogP contribution in [0.3, 0.4) is 0 Å². The van der Waals surface area contributed by atoms with Crippen LogP contribution in [0.4, 0.5) is 11.5 Å². The quantitative estimate of drug-likeness (QED) is 0.917. The van der Waals surface area contributed by atoms with Gasteiger partial charge in [-0.1, -0.05) is 30.3 Å². The predicted octanol–water partition coefficient (Wildman–Crippen LogP) is 2.47. The van der Waals surface area contributed by atoms with E-state index in [4.69, 9.17) is 4.74 Å². The van der Waals surface area contributed by atoms with Gasteiger partial charge >= 0.3 is 0 Å². The molecule has 1 unspecified atom stereocenters. The Hall–Kier alpha value is -2.40. The second-order valence-corrected chi connectivity index (χ2v) is 4.81. The van der Waals surface area contributed by atoms with Crippen LogP contribution in [0.15, 0.2) is 48.7 Å². The molecule has 1 aromatic heterocycles. The molecule has 1 N–H and O–H groups in total. The molecule has 0 aliphatic heterocycles. The molecule has 0 fully saturated rings. The number of aromatic nitrogens is 1. The largest absolute Gasteiger partial charge is 0.376 e. The Morgan fingerprint density at radius 3 is 2.43 bits per heavy atom. The van der Waals surface area contributed by atoms with Gasteiger partial charge in [0.15, 0.2) is 6.10 Å². The predicted molar refractivity (Wildman–Crippen MR) is 83.4 cm³/mol. The monoisotopic (exact) mass is 285 g/mol. The van der Waals surface area contributed by atoms with Crippen molar-refractivity contribution in [2.24, 2.45) is 0 Å². The first-order chi connectivity index (χ1) is 10.1. The fourth-order valence-corrected chi connectivity index (χ4v) is 1.94. The fraction of sp³-hybridized carbons (Fsp3) is 0.250. The first-order valence-electron chi connectivity index (χ1n) is 6.64. The van der Waals surface area contributed by atoms with Crippen LogP contribution in [0.2, 0.25) is 0 Å². The van der Waals surface area contributed by atoms with E-state index in [1.54, 1.807) is 12.3 Å². The Bertz CT molecular complexity index is 582. The third kappa shape index (κ3) is 3.79. The van der Waals surface area contributed by atoms with Crippen molar-refractivity contribution in [2.45, 2.75) is 6.10 Å². The van der Waals surface area contributed by atoms with Gasteiger partial charge in [-0.25, -0.2) is 4.98 Å². The lowest BCUT2D eigenvalue weighted by Gasteiger charge is -2.16. The molecule has 0 aliphatic rings. The molecule has 0 aliphatic carbocycles. The van der Waals surface area contributed by atoms with Crippen molar-refractivity contribution >= 4 is 17.4 Å². The minimum absolute atomic E-state index is 0.242. The van der Waals surface area contributed by atoms with Crippen LogP contribution in [0.5, 0.6) is 0 Å². The standard InChI is InChI=1S/C16H19N3O2/c1-19(2)13-9-10-14(17-11-13)18-16(20)15(21-3)12-7-5-4-6-8-12/h4-11,15H,1-3H3,(H,17,18,20). The van der Waals surface area contributed by atoms with E-state index in [0.29, 0.717) is 5.82 Å². The number of carbonyl (C=O) groups excluding carboxylic acids is 1. The maximum absolute atomic E-state index is 12.3. The lowest BCUT2D eigenvalue weighted by molar-refractivity contribution is -0.126. The molecule has 0 saturated carbocycles. The molecule has 5 heteroatoms. The minimum atomic E-state index is -0.651. The summed E-state index contributed by atoms with van der Waals surface area (Å²) in [5.74, 6) is 0.261. The molecule has 0 bridgehead atoms. The van der Waals surface area contributed by atoms with Crippen LogP contribution in [0, 0.1) is 0 Å². The number of nitrogens with zero attached hydrogens (tertiary/aromatic N) is 2. The Balaban J connectivity index is 2.09. The van der Waals surface area contributed by atoms with Gasteiger partial charge in [0.2, 0.25) is 0 Å². The maximum atomic E-state index is 12.3. The highest BCUT2D eigenvalue weighted by Crippen LogP contribution is 2.19. The van der Waals surface area contributed by atoms with Crippen molar-refractivity contribution in [1.82, 2.24) is 4.98 Å². The summed E-state index contributed by atoms with van der Waals surface area (Å²) in [5, 5.41) is 2.76. The van der Waals surface area contributed by atoms with Gasteiger partial charge in [-0.2, -0.15) is 0 Å². The van der Waals surface area contributed by atoms with Gasteiger partial charge in [0.05, 0.1) is 11.9 Å². The first kappa shape index (κ1) is 15.0. The molecule has 0 radical (unpaired) electrons. The molecule has 0 spiro atoms. The van der Waals surface area contributed by atoms with Crippen LogP contribution in [-0.2, 0) is 9.53 Å². The summed E-state index contributed by atoms with van der Waals surface area (Å²) in [6, 6.07) is 13.0. The van der Waals surface area contributed by atoms with E-state index >= 15 is 0 Å². The number of benzene rings is 1. The molecule has 110 valence electrons. The Labute approximate surface area is 124 Å². The van der Waals surface area contributed by atoms with Gasteiger partial charge < -0.3 is 15.0 Å². The fourth-order valence-electron chi connectivity index (χ4n) is 1.94. The van der Waals surface area contributed by atoms with Gasteiger partial charge in [-0.3, -0.25) is 4.79 Å². The third-order valence-corrected chi connectivity index (χ3v) is 3.09. The highest BCUT2D eigenvalue weighted by Gasteiger charge is 2.20. The molecule has 5 nitrogen and oxygen atoms in total. The zero-order valence-electron chi connectivity index (χ0n) is 12.4. The SMILES string of the molecule is COC(C(=O)Nc1ccc(N(C)C)cn1)c1ccccc1. The van der Waals surface area contributed by atoms with E-state index in [2.05, 4.69) is 10.3 Å². The van der Waals surface area contributed by atoms with Crippen molar-refractivity contribution < 1.29 is 9.53 Å².